The average Bonchev–Trinajstić information content (AvgIpc) is 2.84. The molecule has 0 radical (unpaired) electrons. The Kier molecular flexibility index (Phi) is 2.28. The predicted octanol–water partition coefficient (Wildman–Crippen LogP) is 0.655. The molecule has 1 saturated carbocycles. The van der Waals surface area contributed by atoms with E-state index in [1.165, 1.54) is 12.8 Å². The highest BCUT2D eigenvalue weighted by molar-refractivity contribution is 5.76. The highest BCUT2D eigenvalue weighted by atomic mass is 16.1. The van der Waals surface area contributed by atoms with E-state index in [-0.39, 0.29) is 5.91 Å². The lowest BCUT2D eigenvalue weighted by molar-refractivity contribution is -0.122. The molecule has 13 heavy (non-hydrogen) atoms. The van der Waals surface area contributed by atoms with E-state index in [1.807, 2.05) is 0 Å². The Morgan fingerprint density at radius 3 is 2.92 bits per heavy atom. The quantitative estimate of drug-likeness (QED) is 0.673. The van der Waals surface area contributed by atoms with Gasteiger partial charge in [-0.15, -0.1) is 0 Å². The minimum atomic E-state index is 0.204. The molecule has 0 bridgehead atoms. The molecule has 1 heterocycles. The van der Waals surface area contributed by atoms with Gasteiger partial charge < -0.3 is 10.6 Å². The molecule has 2 rings (SSSR count). The van der Waals surface area contributed by atoms with Gasteiger partial charge >= 0.3 is 0 Å². The van der Waals surface area contributed by atoms with Crippen molar-refractivity contribution in [3.8, 4) is 0 Å². The fraction of sp³-hybridized carbons (Fsp3) is 0.900. The number of carbonyl (C=O) groups is 1. The molecule has 1 amide bonds. The summed E-state index contributed by atoms with van der Waals surface area (Å²) in [7, 11) is 0. The highest BCUT2D eigenvalue weighted by Crippen LogP contribution is 2.44. The molecule has 2 fully saturated rings. The Bertz CT molecular complexity index is 201. The van der Waals surface area contributed by atoms with Gasteiger partial charge in [0.05, 0.1) is 0 Å². The van der Waals surface area contributed by atoms with Crippen LogP contribution in [0.3, 0.4) is 0 Å². The van der Waals surface area contributed by atoms with Gasteiger partial charge in [0.2, 0.25) is 5.91 Å². The minimum absolute atomic E-state index is 0.204. The van der Waals surface area contributed by atoms with Crippen molar-refractivity contribution in [3.05, 3.63) is 0 Å². The van der Waals surface area contributed by atoms with Crippen molar-refractivity contribution in [1.82, 2.24) is 10.6 Å². The Labute approximate surface area is 79.3 Å². The number of rotatable bonds is 3. The normalized spacial score (nSPS) is 31.2. The van der Waals surface area contributed by atoms with Crippen molar-refractivity contribution in [2.24, 2.45) is 5.41 Å². The third kappa shape index (κ3) is 2.44. The fourth-order valence-corrected chi connectivity index (χ4v) is 1.69. The Morgan fingerprint density at radius 1 is 1.62 bits per heavy atom. The molecule has 2 N–H and O–H groups in total. The number of amides is 1. The first-order valence-corrected chi connectivity index (χ1v) is 5.18. The molecule has 1 atom stereocenters. The molecule has 2 aliphatic rings. The average molecular weight is 182 g/mol. The summed E-state index contributed by atoms with van der Waals surface area (Å²) in [6.07, 6.45) is 4.41. The van der Waals surface area contributed by atoms with Gasteiger partial charge in [-0.3, -0.25) is 4.79 Å². The van der Waals surface area contributed by atoms with E-state index in [4.69, 9.17) is 0 Å². The summed E-state index contributed by atoms with van der Waals surface area (Å²) < 4.78 is 0. The molecule has 0 aromatic carbocycles. The first-order chi connectivity index (χ1) is 6.18. The third-order valence-corrected chi connectivity index (χ3v) is 3.19. The second kappa shape index (κ2) is 3.29. The van der Waals surface area contributed by atoms with Crippen molar-refractivity contribution in [2.75, 3.05) is 13.1 Å². The van der Waals surface area contributed by atoms with Crippen molar-refractivity contribution in [2.45, 2.75) is 38.6 Å². The van der Waals surface area contributed by atoms with Crippen LogP contribution in [0.15, 0.2) is 0 Å². The molecular weight excluding hydrogens is 164 g/mol. The zero-order valence-electron chi connectivity index (χ0n) is 8.23. The van der Waals surface area contributed by atoms with Crippen LogP contribution in [0.5, 0.6) is 0 Å². The van der Waals surface area contributed by atoms with Crippen molar-refractivity contribution >= 4 is 5.91 Å². The summed E-state index contributed by atoms with van der Waals surface area (Å²) >= 11 is 0. The molecule has 74 valence electrons. The van der Waals surface area contributed by atoms with E-state index in [2.05, 4.69) is 17.6 Å². The van der Waals surface area contributed by atoms with Crippen LogP contribution in [0.25, 0.3) is 0 Å². The van der Waals surface area contributed by atoms with Gasteiger partial charge in [0, 0.05) is 25.6 Å². The summed E-state index contributed by atoms with van der Waals surface area (Å²) in [6, 6.07) is 0.509. The van der Waals surface area contributed by atoms with E-state index >= 15 is 0 Å². The summed E-state index contributed by atoms with van der Waals surface area (Å²) in [5.41, 5.74) is 0.571. The van der Waals surface area contributed by atoms with Gasteiger partial charge in [-0.05, 0) is 24.7 Å². The van der Waals surface area contributed by atoms with Gasteiger partial charge in [-0.25, -0.2) is 0 Å². The second-order valence-corrected chi connectivity index (χ2v) is 4.73. The summed E-state index contributed by atoms with van der Waals surface area (Å²) in [5.74, 6) is 0.204. The number of nitrogens with one attached hydrogen (secondary N) is 2. The van der Waals surface area contributed by atoms with Crippen LogP contribution >= 0.6 is 0 Å². The Hall–Kier alpha value is -0.570. The maximum absolute atomic E-state index is 10.9. The van der Waals surface area contributed by atoms with Gasteiger partial charge in [0.1, 0.15) is 0 Å². The van der Waals surface area contributed by atoms with E-state index in [0.717, 1.165) is 19.5 Å². The first-order valence-electron chi connectivity index (χ1n) is 5.18. The molecule has 0 spiro atoms. The Balaban J connectivity index is 1.67. The van der Waals surface area contributed by atoms with E-state index in [0.29, 0.717) is 17.9 Å². The van der Waals surface area contributed by atoms with Crippen molar-refractivity contribution in [1.29, 1.82) is 0 Å². The van der Waals surface area contributed by atoms with Crippen LogP contribution < -0.4 is 10.6 Å². The monoisotopic (exact) mass is 182 g/mol. The third-order valence-electron chi connectivity index (χ3n) is 3.19. The van der Waals surface area contributed by atoms with Crippen LogP contribution in [0.2, 0.25) is 0 Å². The molecule has 3 nitrogen and oxygen atoms in total. The number of hydrogen-bond donors (Lipinski definition) is 2. The van der Waals surface area contributed by atoms with Crippen molar-refractivity contribution in [3.63, 3.8) is 0 Å². The zero-order valence-corrected chi connectivity index (χ0v) is 8.23. The molecule has 0 aromatic rings. The molecule has 1 aliphatic heterocycles. The maximum Gasteiger partial charge on any atom is 0.220 e. The Morgan fingerprint density at radius 2 is 2.38 bits per heavy atom. The lowest BCUT2D eigenvalue weighted by atomic mass is 10.1. The van der Waals surface area contributed by atoms with Crippen LogP contribution in [-0.4, -0.2) is 25.0 Å². The number of carbonyl (C=O) groups excluding carboxylic acids is 1. The first kappa shape index (κ1) is 9.00. The maximum atomic E-state index is 10.9. The summed E-state index contributed by atoms with van der Waals surface area (Å²) in [6.45, 7) is 4.25. The predicted molar refractivity (Wildman–Crippen MR) is 51.4 cm³/mol. The van der Waals surface area contributed by atoms with Gasteiger partial charge in [-0.1, -0.05) is 6.92 Å². The highest BCUT2D eigenvalue weighted by Gasteiger charge is 2.37. The standard InChI is InChI=1S/C10H18N2O/c1-10(4-5-10)7-12-8-2-3-9(13)11-6-8/h8,12H,2-7H2,1H3,(H,11,13). The second-order valence-electron chi connectivity index (χ2n) is 4.73. The molecular formula is C10H18N2O. The fourth-order valence-electron chi connectivity index (χ4n) is 1.69. The van der Waals surface area contributed by atoms with Crippen LogP contribution in [0.4, 0.5) is 0 Å². The smallest absolute Gasteiger partial charge is 0.220 e. The molecule has 1 unspecified atom stereocenters. The lowest BCUT2D eigenvalue weighted by Crippen LogP contribution is -2.46. The van der Waals surface area contributed by atoms with E-state index in [1.54, 1.807) is 0 Å². The lowest BCUT2D eigenvalue weighted by Gasteiger charge is -2.25. The summed E-state index contributed by atoms with van der Waals surface area (Å²) in [5, 5.41) is 6.42. The summed E-state index contributed by atoms with van der Waals surface area (Å²) in [4.78, 5) is 10.9. The van der Waals surface area contributed by atoms with Gasteiger partial charge in [-0.2, -0.15) is 0 Å². The topological polar surface area (TPSA) is 41.1 Å². The van der Waals surface area contributed by atoms with Crippen LogP contribution in [0.1, 0.15) is 32.6 Å². The molecule has 1 aliphatic carbocycles. The van der Waals surface area contributed by atoms with Crippen LogP contribution in [-0.2, 0) is 4.79 Å². The molecule has 0 aromatic heterocycles. The van der Waals surface area contributed by atoms with E-state index < -0.39 is 0 Å². The molecule has 1 saturated heterocycles. The number of piperidine rings is 1. The number of hydrogen-bond acceptors (Lipinski definition) is 2. The minimum Gasteiger partial charge on any atom is -0.355 e. The van der Waals surface area contributed by atoms with Gasteiger partial charge in [0.15, 0.2) is 0 Å². The van der Waals surface area contributed by atoms with Crippen LogP contribution in [0, 0.1) is 5.41 Å². The molecule has 3 heteroatoms. The van der Waals surface area contributed by atoms with Crippen molar-refractivity contribution < 1.29 is 4.79 Å². The van der Waals surface area contributed by atoms with Gasteiger partial charge in [0.25, 0.3) is 0 Å². The SMILES string of the molecule is CC1(CNC2CCC(=O)NC2)CC1. The zero-order chi connectivity index (χ0) is 9.31. The van der Waals surface area contributed by atoms with E-state index in [9.17, 15) is 4.79 Å². The largest absolute Gasteiger partial charge is 0.355 e.